The number of aliphatic carboxylic acids is 1. The molecule has 3 aromatic carbocycles. The second-order valence-electron chi connectivity index (χ2n) is 26.5. The Labute approximate surface area is 754 Å². The van der Waals surface area contributed by atoms with E-state index < -0.39 is 49.7 Å². The van der Waals surface area contributed by atoms with Gasteiger partial charge < -0.3 is 24.2 Å². The molecule has 12 aromatic heterocycles. The van der Waals surface area contributed by atoms with Gasteiger partial charge in [-0.05, 0) is 229 Å². The predicted molar refractivity (Wildman–Crippen MR) is 475 cm³/mol. The average Bonchev–Trinajstić information content (AvgIpc) is 1.20. The number of aliphatic hydroxyl groups excluding tert-OH is 1. The molecule has 1 fully saturated rings. The van der Waals surface area contributed by atoms with Crippen molar-refractivity contribution in [1.29, 1.82) is 0 Å². The second kappa shape index (κ2) is 53.2. The topological polar surface area (TPSA) is 390 Å². The van der Waals surface area contributed by atoms with Gasteiger partial charge in [-0.1, -0.05) is 126 Å². The number of pyridine rings is 12. The molecular formula is C95H95N13O13Ru2S2-2. The van der Waals surface area contributed by atoms with Gasteiger partial charge in [0.1, 0.15) is 0 Å². The van der Waals surface area contributed by atoms with Crippen LogP contribution in [-0.2, 0) is 108 Å². The Morgan fingerprint density at radius 3 is 1.05 bits per heavy atom. The van der Waals surface area contributed by atoms with Crippen molar-refractivity contribution in [3.05, 3.63) is 338 Å². The summed E-state index contributed by atoms with van der Waals surface area (Å²) in [6, 6.07) is 74.3. The van der Waals surface area contributed by atoms with Gasteiger partial charge in [0, 0.05) is 156 Å². The molecule has 16 rings (SSSR count). The van der Waals surface area contributed by atoms with Crippen LogP contribution in [0.5, 0.6) is 0 Å². The number of amides is 2. The van der Waals surface area contributed by atoms with Crippen LogP contribution in [0, 0.1) is 13.8 Å². The molecule has 26 nitrogen and oxygen atoms in total. The van der Waals surface area contributed by atoms with Crippen molar-refractivity contribution in [3.8, 4) is 79.2 Å². The number of carboxylic acids is 1. The number of carboxylic acid groups (broad SMARTS) is 1. The number of aryl methyl sites for hydroxylation is 4. The molecule has 0 spiro atoms. The Morgan fingerprint density at radius 2 is 0.696 bits per heavy atom. The van der Waals surface area contributed by atoms with Crippen molar-refractivity contribution in [2.75, 3.05) is 6.26 Å². The number of hydroxylamine groups is 2. The second-order valence-corrected chi connectivity index (χ2v) is 29.3. The number of carbonyl (C=O) groups excluding carboxylic acids is 3. The van der Waals surface area contributed by atoms with Gasteiger partial charge in [0.15, 0.2) is 0 Å². The van der Waals surface area contributed by atoms with Crippen LogP contribution in [-0.4, -0.2) is 131 Å². The van der Waals surface area contributed by atoms with E-state index in [0.29, 0.717) is 47.5 Å². The third-order valence-corrected chi connectivity index (χ3v) is 18.0. The van der Waals surface area contributed by atoms with E-state index in [0.717, 1.165) is 102 Å². The smallest absolute Gasteiger partial charge is 0.333 e. The number of rotatable bonds is 19. The van der Waals surface area contributed by atoms with Gasteiger partial charge in [-0.25, -0.2) is 21.6 Å². The number of aliphatic hydroxyl groups is 1. The first-order valence-electron chi connectivity index (χ1n) is 38.3. The Hall–Kier alpha value is -12.9. The standard InChI is InChI=1S/C24H16N2.C18H17N3O4.C14H14N2O2.C12H12N2O3S.C12H12N2O.C10H8N2.C2H6.CH4O3S.2CH4.2Ru/c1-3-7-17(8-4-1)19-13-15-25-23-21(19)11-12-22-20(14-16-26-24(22)23)18-9-5-2-6-10-18;22-16-7-8-17(23)21(16)25-18(24)6-3-4-13-9-11-20-15(12-13)14-5-1-2-10-19-14;17-14(18)6-3-4-11-7-9-16-13(10-11)12-5-1-2-8-15-12;1-9-2-4-13-11(6-9)12-7-10(3-5-14-12)8-18(15,16)17;1-9-2-4-13-11(6-9)12-7-10(8-15)3-5-14-12;1-3-7-11-9(5-1)10-6-2-4-8-12-10;1-2;1-5(2,3)4;;;;/h1-16H;1-2,5,9-12H,3-4,6-8H2;1-2,5,7-10H,3-4,6H2,(H,17,18);2-7H,8H2,1H3,(H,15,16,17);2-7,15H,8H2,1H3;1-8H;1-2H3;1H3,(H,2,3,4);2*1H4;;/p-2. The summed E-state index contributed by atoms with van der Waals surface area (Å²) in [6.45, 7) is 7.97. The van der Waals surface area contributed by atoms with Crippen molar-refractivity contribution < 1.29 is 99.1 Å². The van der Waals surface area contributed by atoms with E-state index in [9.17, 15) is 32.1 Å². The molecule has 0 aliphatic carbocycles. The summed E-state index contributed by atoms with van der Waals surface area (Å²) in [5.74, 6) is -2.80. The van der Waals surface area contributed by atoms with Crippen LogP contribution < -0.4 is 0 Å². The number of hydrogen-bond acceptors (Lipinski definition) is 24. The summed E-state index contributed by atoms with van der Waals surface area (Å²) < 4.78 is 59.4. The fourth-order valence-corrected chi connectivity index (χ4v) is 12.4. The Morgan fingerprint density at radius 1 is 0.392 bits per heavy atom. The number of imide groups is 1. The molecule has 0 bridgehead atoms. The average molecular weight is 1890 g/mol. The van der Waals surface area contributed by atoms with Gasteiger partial charge in [-0.15, -0.1) is 5.06 Å². The first-order chi connectivity index (χ1) is 58.5. The van der Waals surface area contributed by atoms with Crippen LogP contribution in [0.3, 0.4) is 0 Å². The zero-order valence-corrected chi connectivity index (χ0v) is 72.8. The number of aromatic nitrogens is 12. The summed E-state index contributed by atoms with van der Waals surface area (Å²) in [5.41, 5.74) is 20.1. The van der Waals surface area contributed by atoms with Gasteiger partial charge in [0.2, 0.25) is 0 Å². The van der Waals surface area contributed by atoms with Crippen LogP contribution in [0.25, 0.3) is 101 Å². The number of carbonyl (C=O) groups is 4. The Kier molecular flexibility index (Phi) is 43.7. The molecule has 1 aliphatic heterocycles. The minimum Gasteiger partial charge on any atom is -0.748 e. The monoisotopic (exact) mass is 1890 g/mol. The summed E-state index contributed by atoms with van der Waals surface area (Å²) in [4.78, 5) is 101. The van der Waals surface area contributed by atoms with Crippen LogP contribution in [0.2, 0.25) is 0 Å². The third-order valence-electron chi connectivity index (χ3n) is 17.3. The summed E-state index contributed by atoms with van der Waals surface area (Å²) in [5, 5.41) is 20.5. The molecule has 2 amide bonds. The fraction of sp³-hybridized carbons (Fsp3) is 0.179. The fourth-order valence-electron chi connectivity index (χ4n) is 11.8. The van der Waals surface area contributed by atoms with E-state index in [-0.39, 0.29) is 86.1 Å². The van der Waals surface area contributed by atoms with Gasteiger partial charge in [0.05, 0.1) is 101 Å². The van der Waals surface area contributed by atoms with E-state index in [1.54, 1.807) is 67.9 Å². The minimum atomic E-state index is -4.28. The molecule has 1 aliphatic rings. The number of hydrogen-bond donors (Lipinski definition) is 2. The molecule has 13 heterocycles. The quantitative estimate of drug-likeness (QED) is 0.0328. The largest absolute Gasteiger partial charge is 0.748 e. The van der Waals surface area contributed by atoms with Crippen LogP contribution in [0.15, 0.2) is 305 Å². The van der Waals surface area contributed by atoms with Gasteiger partial charge >= 0.3 is 11.9 Å². The molecule has 125 heavy (non-hydrogen) atoms. The molecule has 2 N–H and O–H groups in total. The molecule has 0 saturated carbocycles. The van der Waals surface area contributed by atoms with E-state index in [4.69, 9.17) is 28.0 Å². The van der Waals surface area contributed by atoms with Gasteiger partial charge in [0.25, 0.3) is 11.8 Å². The van der Waals surface area contributed by atoms with E-state index in [2.05, 4.69) is 133 Å². The molecule has 30 heteroatoms. The van der Waals surface area contributed by atoms with Crippen LogP contribution >= 0.6 is 0 Å². The van der Waals surface area contributed by atoms with E-state index in [1.807, 2.05) is 180 Å². The Balaban J connectivity index is 0.000000264. The van der Waals surface area contributed by atoms with E-state index >= 15 is 0 Å². The normalized spacial score (nSPS) is 10.9. The summed E-state index contributed by atoms with van der Waals surface area (Å²) in [6.07, 6.45) is 24.4. The number of fused-ring (bicyclic) bond motifs is 3. The number of nitrogens with zero attached hydrogens (tertiary/aromatic N) is 13. The van der Waals surface area contributed by atoms with Crippen molar-refractivity contribution in [2.45, 2.75) is 106 Å². The maximum atomic E-state index is 11.8. The van der Waals surface area contributed by atoms with Crippen molar-refractivity contribution in [1.82, 2.24) is 64.9 Å². The molecule has 0 unspecified atom stereocenters. The first-order valence-corrected chi connectivity index (χ1v) is 41.7. The molecule has 0 radical (unpaired) electrons. The van der Waals surface area contributed by atoms with E-state index in [1.165, 1.54) is 34.5 Å². The maximum absolute atomic E-state index is 11.8. The zero-order chi connectivity index (χ0) is 86.4. The SMILES string of the molecule is C.C.CC.CS(=O)(=O)[O-].Cc1ccnc(-c2cc(CO)ccn2)c1.Cc1ccnc(-c2cc(CS(=O)(=O)[O-])ccn2)c1.O=C(CCCc1ccnc(-c2ccccn2)c1)ON1C(=O)CCC1=O.O=C(O)CCCc1ccnc(-c2ccccn2)c1.[Ru].[Ru].c1ccc(-c2ccccn2)nc1.c1ccc(-c2ccnc3c2ccc2c(-c4ccccc4)ccnc23)cc1. The maximum Gasteiger partial charge on any atom is 0.333 e. The summed E-state index contributed by atoms with van der Waals surface area (Å²) >= 11 is 0. The van der Waals surface area contributed by atoms with Crippen molar-refractivity contribution in [2.24, 2.45) is 0 Å². The minimum absolute atomic E-state index is 0. The van der Waals surface area contributed by atoms with Crippen molar-refractivity contribution >= 4 is 65.8 Å². The first kappa shape index (κ1) is 103. The molecule has 15 aromatic rings. The molecular weight excluding hydrogens is 1800 g/mol. The predicted octanol–water partition coefficient (Wildman–Crippen LogP) is 17.8. The van der Waals surface area contributed by atoms with Crippen LogP contribution in [0.4, 0.5) is 0 Å². The third kappa shape index (κ3) is 34.4. The van der Waals surface area contributed by atoms with Crippen molar-refractivity contribution in [3.63, 3.8) is 0 Å². The Bertz CT molecular complexity index is 5960. The van der Waals surface area contributed by atoms with Crippen LogP contribution in [0.1, 0.15) is 101 Å². The number of benzene rings is 3. The van der Waals surface area contributed by atoms with Gasteiger partial charge in [-0.2, -0.15) is 0 Å². The molecule has 0 atom stereocenters. The molecule has 1 saturated heterocycles. The summed E-state index contributed by atoms with van der Waals surface area (Å²) in [7, 11) is -8.20. The zero-order valence-electron chi connectivity index (χ0n) is 67.7. The van der Waals surface area contributed by atoms with Gasteiger partial charge in [-0.3, -0.25) is 74.2 Å². The molecule has 648 valence electrons.